The van der Waals surface area contributed by atoms with Crippen LogP contribution in [0.25, 0.3) is 0 Å². The zero-order valence-electron chi connectivity index (χ0n) is 10.0. The molecule has 0 atom stereocenters. The topological polar surface area (TPSA) is 29.3 Å². The zero-order valence-corrected chi connectivity index (χ0v) is 11.6. The van der Waals surface area contributed by atoms with Gasteiger partial charge in [0.05, 0.1) is 5.69 Å². The lowest BCUT2D eigenvalue weighted by atomic mass is 10.2. The van der Waals surface area contributed by atoms with E-state index in [0.29, 0.717) is 17.9 Å². The highest BCUT2D eigenvalue weighted by Crippen LogP contribution is 2.24. The summed E-state index contributed by atoms with van der Waals surface area (Å²) in [7, 11) is 1.86. The van der Waals surface area contributed by atoms with Crippen molar-refractivity contribution in [3.8, 4) is 0 Å². The number of rotatable bonds is 3. The van der Waals surface area contributed by atoms with Crippen LogP contribution in [0.2, 0.25) is 0 Å². The lowest BCUT2D eigenvalue weighted by Gasteiger charge is -2.20. The van der Waals surface area contributed by atoms with E-state index >= 15 is 0 Å². The molecule has 0 amide bonds. The quantitative estimate of drug-likeness (QED) is 0.874. The molecule has 94 valence electrons. The standard InChI is InChI=1S/C14H14BrFN2/c1-18(14-5-3-2-4-13(14)16)9-10-8-11(17)6-7-12(10)15/h2-8H,9,17H2,1H3. The van der Waals surface area contributed by atoms with Crippen LogP contribution in [0.15, 0.2) is 46.9 Å². The van der Waals surface area contributed by atoms with Crippen molar-refractivity contribution in [3.63, 3.8) is 0 Å². The molecule has 0 saturated heterocycles. The Kier molecular flexibility index (Phi) is 3.87. The summed E-state index contributed by atoms with van der Waals surface area (Å²) in [6, 6.07) is 12.3. The van der Waals surface area contributed by atoms with Gasteiger partial charge in [-0.3, -0.25) is 0 Å². The van der Waals surface area contributed by atoms with E-state index in [1.807, 2.05) is 36.2 Å². The summed E-state index contributed by atoms with van der Waals surface area (Å²) in [5, 5.41) is 0. The Morgan fingerprint density at radius 1 is 1.22 bits per heavy atom. The van der Waals surface area contributed by atoms with Gasteiger partial charge in [0.1, 0.15) is 5.82 Å². The van der Waals surface area contributed by atoms with Gasteiger partial charge in [0, 0.05) is 23.8 Å². The zero-order chi connectivity index (χ0) is 13.1. The second kappa shape index (κ2) is 5.40. The molecule has 0 heterocycles. The van der Waals surface area contributed by atoms with Gasteiger partial charge >= 0.3 is 0 Å². The monoisotopic (exact) mass is 308 g/mol. The van der Waals surface area contributed by atoms with Gasteiger partial charge in [0.2, 0.25) is 0 Å². The van der Waals surface area contributed by atoms with Crippen molar-refractivity contribution in [2.24, 2.45) is 0 Å². The van der Waals surface area contributed by atoms with E-state index in [0.717, 1.165) is 10.0 Å². The third-order valence-electron chi connectivity index (χ3n) is 2.74. The number of hydrogen-bond donors (Lipinski definition) is 1. The van der Waals surface area contributed by atoms with Crippen LogP contribution < -0.4 is 10.6 Å². The van der Waals surface area contributed by atoms with Gasteiger partial charge < -0.3 is 10.6 Å². The van der Waals surface area contributed by atoms with E-state index in [4.69, 9.17) is 5.73 Å². The molecule has 2 N–H and O–H groups in total. The van der Waals surface area contributed by atoms with Crippen LogP contribution in [0, 0.1) is 5.82 Å². The van der Waals surface area contributed by atoms with Crippen LogP contribution in [-0.2, 0) is 6.54 Å². The van der Waals surface area contributed by atoms with Crippen LogP contribution in [-0.4, -0.2) is 7.05 Å². The van der Waals surface area contributed by atoms with Gasteiger partial charge in [0.15, 0.2) is 0 Å². The minimum Gasteiger partial charge on any atom is -0.399 e. The molecule has 0 saturated carbocycles. The van der Waals surface area contributed by atoms with Gasteiger partial charge in [0.25, 0.3) is 0 Å². The average Bonchev–Trinajstić information content (AvgIpc) is 2.34. The molecular weight excluding hydrogens is 295 g/mol. The Labute approximate surface area is 114 Å². The van der Waals surface area contributed by atoms with Crippen molar-refractivity contribution in [3.05, 3.63) is 58.3 Å². The number of nitrogens with zero attached hydrogens (tertiary/aromatic N) is 1. The molecule has 2 aromatic rings. The molecule has 0 unspecified atom stereocenters. The maximum atomic E-state index is 13.6. The number of halogens is 2. The number of benzene rings is 2. The van der Waals surface area contributed by atoms with Crippen molar-refractivity contribution < 1.29 is 4.39 Å². The number of nitrogen functional groups attached to an aromatic ring is 1. The average molecular weight is 309 g/mol. The van der Waals surface area contributed by atoms with Crippen molar-refractivity contribution in [2.75, 3.05) is 17.7 Å². The highest BCUT2D eigenvalue weighted by atomic mass is 79.9. The second-order valence-electron chi connectivity index (χ2n) is 4.16. The maximum absolute atomic E-state index is 13.6. The largest absolute Gasteiger partial charge is 0.399 e. The third kappa shape index (κ3) is 2.82. The fourth-order valence-electron chi connectivity index (χ4n) is 1.82. The first-order chi connectivity index (χ1) is 8.58. The molecule has 0 radical (unpaired) electrons. The molecule has 0 bridgehead atoms. The molecule has 0 aliphatic carbocycles. The van der Waals surface area contributed by atoms with Crippen LogP contribution in [0.4, 0.5) is 15.8 Å². The molecule has 0 aromatic heterocycles. The fourth-order valence-corrected chi connectivity index (χ4v) is 2.19. The van der Waals surface area contributed by atoms with Crippen LogP contribution in [0.3, 0.4) is 0 Å². The summed E-state index contributed by atoms with van der Waals surface area (Å²) >= 11 is 3.47. The number of anilines is 2. The first-order valence-corrected chi connectivity index (χ1v) is 6.37. The van der Waals surface area contributed by atoms with Gasteiger partial charge in [-0.05, 0) is 35.9 Å². The second-order valence-corrected chi connectivity index (χ2v) is 5.01. The fraction of sp³-hybridized carbons (Fsp3) is 0.143. The van der Waals surface area contributed by atoms with Gasteiger partial charge in [-0.2, -0.15) is 0 Å². The molecule has 0 aliphatic heterocycles. The summed E-state index contributed by atoms with van der Waals surface area (Å²) < 4.78 is 14.6. The van der Waals surface area contributed by atoms with Gasteiger partial charge in [-0.25, -0.2) is 4.39 Å². The summed E-state index contributed by atoms with van der Waals surface area (Å²) in [4.78, 5) is 1.86. The molecule has 4 heteroatoms. The predicted octanol–water partition coefficient (Wildman–Crippen LogP) is 3.81. The molecule has 2 nitrogen and oxygen atoms in total. The van der Waals surface area contributed by atoms with E-state index in [-0.39, 0.29) is 5.82 Å². The highest BCUT2D eigenvalue weighted by Gasteiger charge is 2.09. The number of hydrogen-bond acceptors (Lipinski definition) is 2. The van der Waals surface area contributed by atoms with E-state index in [1.54, 1.807) is 12.1 Å². The molecule has 0 aliphatic rings. The van der Waals surface area contributed by atoms with Crippen molar-refractivity contribution in [2.45, 2.75) is 6.54 Å². The molecule has 2 aromatic carbocycles. The van der Waals surface area contributed by atoms with Gasteiger partial charge in [-0.15, -0.1) is 0 Å². The van der Waals surface area contributed by atoms with E-state index in [1.165, 1.54) is 6.07 Å². The molecule has 2 rings (SSSR count). The highest BCUT2D eigenvalue weighted by molar-refractivity contribution is 9.10. The lowest BCUT2D eigenvalue weighted by Crippen LogP contribution is -2.18. The normalized spacial score (nSPS) is 10.4. The Morgan fingerprint density at radius 3 is 2.67 bits per heavy atom. The summed E-state index contributed by atoms with van der Waals surface area (Å²) in [5.74, 6) is -0.222. The number of para-hydroxylation sites is 1. The lowest BCUT2D eigenvalue weighted by molar-refractivity contribution is 0.622. The Balaban J connectivity index is 2.24. The van der Waals surface area contributed by atoms with E-state index < -0.39 is 0 Å². The smallest absolute Gasteiger partial charge is 0.146 e. The van der Waals surface area contributed by atoms with Crippen molar-refractivity contribution in [1.82, 2.24) is 0 Å². The van der Waals surface area contributed by atoms with Crippen molar-refractivity contribution in [1.29, 1.82) is 0 Å². The SMILES string of the molecule is CN(Cc1cc(N)ccc1Br)c1ccccc1F. The number of nitrogens with two attached hydrogens (primary N) is 1. The first kappa shape index (κ1) is 12.9. The summed E-state index contributed by atoms with van der Waals surface area (Å²) in [6.45, 7) is 0.590. The minimum absolute atomic E-state index is 0.222. The van der Waals surface area contributed by atoms with Crippen LogP contribution in [0.5, 0.6) is 0 Å². The van der Waals surface area contributed by atoms with Crippen LogP contribution >= 0.6 is 15.9 Å². The first-order valence-electron chi connectivity index (χ1n) is 5.57. The Hall–Kier alpha value is -1.55. The molecule has 18 heavy (non-hydrogen) atoms. The van der Waals surface area contributed by atoms with E-state index in [9.17, 15) is 4.39 Å². The van der Waals surface area contributed by atoms with E-state index in [2.05, 4.69) is 15.9 Å². The third-order valence-corrected chi connectivity index (χ3v) is 3.51. The van der Waals surface area contributed by atoms with Crippen molar-refractivity contribution >= 4 is 27.3 Å². The van der Waals surface area contributed by atoms with Crippen LogP contribution in [0.1, 0.15) is 5.56 Å². The van der Waals surface area contributed by atoms with Gasteiger partial charge in [-0.1, -0.05) is 28.1 Å². The Bertz CT molecular complexity index is 557. The molecule has 0 spiro atoms. The summed E-state index contributed by atoms with van der Waals surface area (Å²) in [5.41, 5.74) is 8.07. The summed E-state index contributed by atoms with van der Waals surface area (Å²) in [6.07, 6.45) is 0. The molecular formula is C14H14BrFN2. The Morgan fingerprint density at radius 2 is 1.94 bits per heavy atom. The minimum atomic E-state index is -0.222. The predicted molar refractivity (Wildman–Crippen MR) is 77.1 cm³/mol. The maximum Gasteiger partial charge on any atom is 0.146 e. The molecule has 0 fully saturated rings.